The molecule has 2 aromatic carbocycles. The van der Waals surface area contributed by atoms with Gasteiger partial charge in [0, 0.05) is 18.7 Å². The molecule has 0 amide bonds. The number of ether oxygens (including phenoxy) is 2. The van der Waals surface area contributed by atoms with Crippen LogP contribution in [0.3, 0.4) is 0 Å². The fourth-order valence-electron chi connectivity index (χ4n) is 2.11. The molecule has 0 bridgehead atoms. The van der Waals surface area contributed by atoms with Crippen molar-refractivity contribution in [3.8, 4) is 17.6 Å². The van der Waals surface area contributed by atoms with Crippen LogP contribution in [0.2, 0.25) is 0 Å². The smallest absolute Gasteiger partial charge is 0.129 e. The highest BCUT2D eigenvalue weighted by Gasteiger charge is 2.07. The van der Waals surface area contributed by atoms with Gasteiger partial charge in [0.1, 0.15) is 23.9 Å². The Bertz CT molecular complexity index is 680. The molecule has 0 heterocycles. The van der Waals surface area contributed by atoms with Crippen LogP contribution in [0.25, 0.3) is 0 Å². The van der Waals surface area contributed by atoms with Gasteiger partial charge in [0.2, 0.25) is 0 Å². The number of likely N-dealkylation sites (N-methyl/N-ethyl adjacent to an activating group) is 1. The summed E-state index contributed by atoms with van der Waals surface area (Å²) >= 11 is 0. The van der Waals surface area contributed by atoms with Crippen LogP contribution >= 0.6 is 0 Å². The summed E-state index contributed by atoms with van der Waals surface area (Å²) < 4.78 is 24.6. The molecule has 0 unspecified atom stereocenters. The number of rotatable bonds is 7. The van der Waals surface area contributed by atoms with E-state index in [0.29, 0.717) is 30.8 Å². The molecule has 0 fully saturated rings. The first-order valence-electron chi connectivity index (χ1n) is 7.26. The summed E-state index contributed by atoms with van der Waals surface area (Å²) in [6.45, 7) is 1.62. The Labute approximate surface area is 135 Å². The highest BCUT2D eigenvalue weighted by molar-refractivity contribution is 5.33. The predicted molar refractivity (Wildman–Crippen MR) is 85.9 cm³/mol. The third-order valence-corrected chi connectivity index (χ3v) is 3.42. The summed E-state index contributed by atoms with van der Waals surface area (Å²) in [5.41, 5.74) is 0.896. The summed E-state index contributed by atoms with van der Waals surface area (Å²) in [5, 5.41) is 8.74. The van der Waals surface area contributed by atoms with Crippen molar-refractivity contribution >= 4 is 0 Å². The zero-order valence-corrected chi connectivity index (χ0v) is 13.3. The SMILES string of the molecule is COc1ccc(OCCN(C)Cc2ccc(C#N)cc2F)cc1. The molecular formula is C18H19FN2O2. The van der Waals surface area contributed by atoms with Gasteiger partial charge < -0.3 is 9.47 Å². The topological polar surface area (TPSA) is 45.5 Å². The van der Waals surface area contributed by atoms with Crippen molar-refractivity contribution in [1.82, 2.24) is 4.90 Å². The molecule has 0 saturated carbocycles. The summed E-state index contributed by atoms with van der Waals surface area (Å²) in [5.74, 6) is 1.20. The molecule has 0 aliphatic rings. The van der Waals surface area contributed by atoms with E-state index in [2.05, 4.69) is 0 Å². The molecule has 120 valence electrons. The molecule has 0 N–H and O–H groups in total. The highest BCUT2D eigenvalue weighted by Crippen LogP contribution is 2.17. The van der Waals surface area contributed by atoms with Gasteiger partial charge in [0.25, 0.3) is 0 Å². The van der Waals surface area contributed by atoms with Gasteiger partial charge in [-0.25, -0.2) is 4.39 Å². The minimum atomic E-state index is -0.355. The Hall–Kier alpha value is -2.58. The molecule has 4 nitrogen and oxygen atoms in total. The maximum atomic E-state index is 13.8. The summed E-state index contributed by atoms with van der Waals surface area (Å²) in [6.07, 6.45) is 0. The van der Waals surface area contributed by atoms with Gasteiger partial charge in [-0.2, -0.15) is 5.26 Å². The van der Waals surface area contributed by atoms with Crippen molar-refractivity contribution in [3.05, 3.63) is 59.4 Å². The number of halogens is 1. The van der Waals surface area contributed by atoms with E-state index in [0.717, 1.165) is 11.5 Å². The number of benzene rings is 2. The lowest BCUT2D eigenvalue weighted by Gasteiger charge is -2.17. The Morgan fingerprint density at radius 2 is 1.83 bits per heavy atom. The zero-order valence-electron chi connectivity index (χ0n) is 13.3. The van der Waals surface area contributed by atoms with Crippen molar-refractivity contribution in [1.29, 1.82) is 5.26 Å². The minimum Gasteiger partial charge on any atom is -0.497 e. The van der Waals surface area contributed by atoms with Gasteiger partial charge in [-0.1, -0.05) is 6.07 Å². The zero-order chi connectivity index (χ0) is 16.7. The van der Waals surface area contributed by atoms with Gasteiger partial charge in [-0.05, 0) is 43.4 Å². The Kier molecular flexibility index (Phi) is 5.95. The largest absolute Gasteiger partial charge is 0.497 e. The van der Waals surface area contributed by atoms with E-state index in [1.54, 1.807) is 19.2 Å². The van der Waals surface area contributed by atoms with Crippen LogP contribution < -0.4 is 9.47 Å². The van der Waals surface area contributed by atoms with E-state index in [4.69, 9.17) is 14.7 Å². The van der Waals surface area contributed by atoms with E-state index in [9.17, 15) is 4.39 Å². The van der Waals surface area contributed by atoms with E-state index < -0.39 is 0 Å². The van der Waals surface area contributed by atoms with Crippen LogP contribution in [0.4, 0.5) is 4.39 Å². The third-order valence-electron chi connectivity index (χ3n) is 3.42. The Morgan fingerprint density at radius 1 is 1.13 bits per heavy atom. The van der Waals surface area contributed by atoms with Crippen molar-refractivity contribution in [2.45, 2.75) is 6.54 Å². The number of nitrogens with zero attached hydrogens (tertiary/aromatic N) is 2. The molecule has 23 heavy (non-hydrogen) atoms. The van der Waals surface area contributed by atoms with Crippen LogP contribution in [0, 0.1) is 17.1 Å². The molecule has 0 spiro atoms. The van der Waals surface area contributed by atoms with Crippen LogP contribution in [0.1, 0.15) is 11.1 Å². The summed E-state index contributed by atoms with van der Waals surface area (Å²) in [7, 11) is 3.52. The molecule has 0 radical (unpaired) electrons. The summed E-state index contributed by atoms with van der Waals surface area (Å²) in [6, 6.07) is 13.8. The number of hydrogen-bond acceptors (Lipinski definition) is 4. The Morgan fingerprint density at radius 3 is 2.43 bits per heavy atom. The molecule has 2 rings (SSSR count). The van der Waals surface area contributed by atoms with Gasteiger partial charge in [-0.3, -0.25) is 4.90 Å². The lowest BCUT2D eigenvalue weighted by atomic mass is 10.1. The lowest BCUT2D eigenvalue weighted by Crippen LogP contribution is -2.24. The molecule has 0 saturated heterocycles. The van der Waals surface area contributed by atoms with Crippen molar-refractivity contribution in [3.63, 3.8) is 0 Å². The second-order valence-corrected chi connectivity index (χ2v) is 5.18. The molecule has 0 aliphatic heterocycles. The lowest BCUT2D eigenvalue weighted by molar-refractivity contribution is 0.231. The monoisotopic (exact) mass is 314 g/mol. The van der Waals surface area contributed by atoms with Gasteiger partial charge in [-0.15, -0.1) is 0 Å². The number of hydrogen-bond donors (Lipinski definition) is 0. The third kappa shape index (κ3) is 4.97. The van der Waals surface area contributed by atoms with Crippen LogP contribution in [0.15, 0.2) is 42.5 Å². The van der Waals surface area contributed by atoms with Gasteiger partial charge >= 0.3 is 0 Å². The van der Waals surface area contributed by atoms with Crippen molar-refractivity contribution in [2.75, 3.05) is 27.3 Å². The number of nitriles is 1. The molecule has 5 heteroatoms. The fourth-order valence-corrected chi connectivity index (χ4v) is 2.11. The second-order valence-electron chi connectivity index (χ2n) is 5.18. The van der Waals surface area contributed by atoms with E-state index in [1.165, 1.54) is 6.07 Å². The predicted octanol–water partition coefficient (Wildman–Crippen LogP) is 3.22. The minimum absolute atomic E-state index is 0.330. The molecule has 0 aromatic heterocycles. The number of methoxy groups -OCH3 is 1. The quantitative estimate of drug-likeness (QED) is 0.787. The standard InChI is InChI=1S/C18H19FN2O2/c1-21(13-15-4-3-14(12-20)11-18(15)19)9-10-23-17-7-5-16(22-2)6-8-17/h3-8,11H,9-10,13H2,1-2H3. The fraction of sp³-hybridized carbons (Fsp3) is 0.278. The highest BCUT2D eigenvalue weighted by atomic mass is 19.1. The van der Waals surface area contributed by atoms with E-state index >= 15 is 0 Å². The van der Waals surface area contributed by atoms with E-state index in [1.807, 2.05) is 42.3 Å². The van der Waals surface area contributed by atoms with Gasteiger partial charge in [0.05, 0.1) is 18.7 Å². The molecule has 0 aliphatic carbocycles. The normalized spacial score (nSPS) is 10.4. The average Bonchev–Trinajstić information content (AvgIpc) is 2.57. The molecular weight excluding hydrogens is 295 g/mol. The molecule has 0 atom stereocenters. The van der Waals surface area contributed by atoms with E-state index in [-0.39, 0.29) is 5.82 Å². The van der Waals surface area contributed by atoms with Gasteiger partial charge in [0.15, 0.2) is 0 Å². The van der Waals surface area contributed by atoms with Crippen LogP contribution in [-0.2, 0) is 6.54 Å². The van der Waals surface area contributed by atoms with Crippen molar-refractivity contribution < 1.29 is 13.9 Å². The average molecular weight is 314 g/mol. The maximum absolute atomic E-state index is 13.8. The first-order chi connectivity index (χ1) is 11.1. The van der Waals surface area contributed by atoms with Crippen LogP contribution in [-0.4, -0.2) is 32.2 Å². The molecule has 2 aromatic rings. The maximum Gasteiger partial charge on any atom is 0.129 e. The van der Waals surface area contributed by atoms with Crippen molar-refractivity contribution in [2.24, 2.45) is 0 Å². The first kappa shape index (κ1) is 16.8. The first-order valence-corrected chi connectivity index (χ1v) is 7.26. The van der Waals surface area contributed by atoms with Crippen LogP contribution in [0.5, 0.6) is 11.5 Å². The second kappa shape index (κ2) is 8.16. The Balaban J connectivity index is 1.80. The summed E-state index contributed by atoms with van der Waals surface area (Å²) in [4.78, 5) is 1.97.